The Kier molecular flexibility index (Phi) is 5.81. The molecule has 0 aliphatic carbocycles. The van der Waals surface area contributed by atoms with Gasteiger partial charge < -0.3 is 14.6 Å². The number of carbonyl (C=O) groups is 1. The summed E-state index contributed by atoms with van der Waals surface area (Å²) in [5, 5.41) is 2.77. The van der Waals surface area contributed by atoms with Crippen molar-refractivity contribution in [2.75, 3.05) is 6.54 Å². The number of nitrogens with one attached hydrogen (secondary N) is 1. The Morgan fingerprint density at radius 1 is 1.29 bits per heavy atom. The molecule has 0 radical (unpaired) electrons. The van der Waals surface area contributed by atoms with E-state index in [9.17, 15) is 4.79 Å². The highest BCUT2D eigenvalue weighted by Crippen LogP contribution is 2.19. The Bertz CT molecular complexity index is 453. The molecule has 0 aliphatic heterocycles. The summed E-state index contributed by atoms with van der Waals surface area (Å²) in [4.78, 5) is 15.8. The number of hydrogen-bond donors (Lipinski definition) is 1. The average molecular weight is 295 g/mol. The molecular weight excluding hydrogens is 266 g/mol. The molecule has 1 amide bonds. The summed E-state index contributed by atoms with van der Waals surface area (Å²) in [7, 11) is 0. The number of amides is 1. The average Bonchev–Trinajstić information content (AvgIpc) is 2.70. The molecule has 120 valence electrons. The molecule has 0 saturated heterocycles. The summed E-state index contributed by atoms with van der Waals surface area (Å²) in [6.45, 7) is 13.8. The number of nitrogens with zero attached hydrogens (tertiary/aromatic N) is 2. The van der Waals surface area contributed by atoms with Crippen LogP contribution in [0.1, 0.15) is 53.7 Å². The maximum absolute atomic E-state index is 11.6. The van der Waals surface area contributed by atoms with Gasteiger partial charge >= 0.3 is 6.09 Å². The second-order valence-electron chi connectivity index (χ2n) is 7.57. The molecule has 0 fully saturated rings. The van der Waals surface area contributed by atoms with Crippen molar-refractivity contribution >= 4 is 6.09 Å². The maximum Gasteiger partial charge on any atom is 0.407 e. The van der Waals surface area contributed by atoms with E-state index in [4.69, 9.17) is 4.74 Å². The Labute approximate surface area is 128 Å². The largest absolute Gasteiger partial charge is 0.444 e. The van der Waals surface area contributed by atoms with Crippen LogP contribution >= 0.6 is 0 Å². The zero-order valence-electron chi connectivity index (χ0n) is 14.2. The molecule has 21 heavy (non-hydrogen) atoms. The monoisotopic (exact) mass is 295 g/mol. The first-order chi connectivity index (χ1) is 9.57. The number of alkyl carbamates (subject to hydrolysis) is 1. The molecule has 1 aromatic heterocycles. The van der Waals surface area contributed by atoms with Crippen LogP contribution in [-0.2, 0) is 17.7 Å². The lowest BCUT2D eigenvalue weighted by Crippen LogP contribution is -2.33. The topological polar surface area (TPSA) is 56.2 Å². The zero-order valence-corrected chi connectivity index (χ0v) is 14.2. The molecule has 1 aromatic rings. The van der Waals surface area contributed by atoms with E-state index in [1.807, 2.05) is 33.3 Å². The molecule has 0 aliphatic rings. The number of imidazole rings is 1. The van der Waals surface area contributed by atoms with Crippen LogP contribution in [0.4, 0.5) is 4.79 Å². The van der Waals surface area contributed by atoms with E-state index < -0.39 is 5.60 Å². The van der Waals surface area contributed by atoms with Crippen molar-refractivity contribution < 1.29 is 9.53 Å². The first kappa shape index (κ1) is 17.5. The predicted octanol–water partition coefficient (Wildman–Crippen LogP) is 3.39. The third kappa shape index (κ3) is 7.73. The first-order valence-corrected chi connectivity index (χ1v) is 7.53. The van der Waals surface area contributed by atoms with Crippen LogP contribution in [0.15, 0.2) is 12.5 Å². The minimum atomic E-state index is -0.460. The molecule has 1 rings (SSSR count). The van der Waals surface area contributed by atoms with Crippen LogP contribution < -0.4 is 5.32 Å². The lowest BCUT2D eigenvalue weighted by molar-refractivity contribution is 0.0528. The van der Waals surface area contributed by atoms with Crippen LogP contribution in [0, 0.1) is 5.41 Å². The van der Waals surface area contributed by atoms with Crippen LogP contribution in [0.2, 0.25) is 0 Å². The van der Waals surface area contributed by atoms with Crippen molar-refractivity contribution in [1.82, 2.24) is 14.9 Å². The summed E-state index contributed by atoms with van der Waals surface area (Å²) in [6, 6.07) is 0. The van der Waals surface area contributed by atoms with Gasteiger partial charge in [0.1, 0.15) is 5.60 Å². The fraction of sp³-hybridized carbons (Fsp3) is 0.750. The Morgan fingerprint density at radius 2 is 1.95 bits per heavy atom. The minimum Gasteiger partial charge on any atom is -0.444 e. The highest BCUT2D eigenvalue weighted by molar-refractivity contribution is 5.67. The number of hydrogen-bond acceptors (Lipinski definition) is 3. The van der Waals surface area contributed by atoms with Gasteiger partial charge in [0, 0.05) is 31.4 Å². The van der Waals surface area contributed by atoms with Crippen molar-refractivity contribution in [3.05, 3.63) is 18.2 Å². The molecule has 1 heterocycles. The number of aryl methyl sites for hydroxylation is 1. The van der Waals surface area contributed by atoms with E-state index in [1.54, 1.807) is 0 Å². The predicted molar refractivity (Wildman–Crippen MR) is 84.2 cm³/mol. The number of carbonyl (C=O) groups excluding carboxylic acids is 1. The van der Waals surface area contributed by atoms with Gasteiger partial charge in [-0.25, -0.2) is 9.78 Å². The van der Waals surface area contributed by atoms with Gasteiger partial charge in [-0.1, -0.05) is 20.8 Å². The molecule has 0 saturated carbocycles. The van der Waals surface area contributed by atoms with Gasteiger partial charge in [0.2, 0.25) is 0 Å². The Balaban J connectivity index is 2.39. The van der Waals surface area contributed by atoms with E-state index >= 15 is 0 Å². The second-order valence-corrected chi connectivity index (χ2v) is 7.57. The highest BCUT2D eigenvalue weighted by Gasteiger charge is 2.16. The summed E-state index contributed by atoms with van der Waals surface area (Å²) < 4.78 is 7.36. The smallest absolute Gasteiger partial charge is 0.407 e. The molecule has 0 bridgehead atoms. The lowest BCUT2D eigenvalue weighted by atomic mass is 9.92. The number of rotatable bonds is 5. The summed E-state index contributed by atoms with van der Waals surface area (Å²) >= 11 is 0. The quantitative estimate of drug-likeness (QED) is 0.906. The summed E-state index contributed by atoms with van der Waals surface area (Å²) in [6.07, 6.45) is 5.19. The van der Waals surface area contributed by atoms with E-state index in [-0.39, 0.29) is 6.09 Å². The van der Waals surface area contributed by atoms with Crippen LogP contribution in [0.25, 0.3) is 0 Å². The van der Waals surface area contributed by atoms with Gasteiger partial charge in [0.25, 0.3) is 0 Å². The zero-order chi connectivity index (χ0) is 16.1. The van der Waals surface area contributed by atoms with Gasteiger partial charge in [-0.05, 0) is 32.6 Å². The maximum atomic E-state index is 11.6. The molecule has 5 heteroatoms. The number of aromatic nitrogens is 2. The minimum absolute atomic E-state index is 0.302. The number of ether oxygens (including phenoxy) is 1. The molecular formula is C16H29N3O2. The van der Waals surface area contributed by atoms with Gasteiger partial charge in [0.15, 0.2) is 0 Å². The lowest BCUT2D eigenvalue weighted by Gasteiger charge is -2.20. The van der Waals surface area contributed by atoms with Crippen molar-refractivity contribution in [3.63, 3.8) is 0 Å². The molecule has 0 spiro atoms. The fourth-order valence-corrected chi connectivity index (χ4v) is 1.82. The van der Waals surface area contributed by atoms with Gasteiger partial charge in [0.05, 0.1) is 6.33 Å². The SMILES string of the molecule is CC(C)(C)CCn1cncc1CCNC(=O)OC(C)(C)C. The Morgan fingerprint density at radius 3 is 2.52 bits per heavy atom. The van der Waals surface area contributed by atoms with Gasteiger partial charge in [-0.2, -0.15) is 0 Å². The molecule has 5 nitrogen and oxygen atoms in total. The second kappa shape index (κ2) is 6.96. The van der Waals surface area contributed by atoms with E-state index in [2.05, 4.69) is 35.6 Å². The normalized spacial score (nSPS) is 12.3. The molecule has 0 aromatic carbocycles. The van der Waals surface area contributed by atoms with Crippen molar-refractivity contribution in [3.8, 4) is 0 Å². The Hall–Kier alpha value is -1.52. The van der Waals surface area contributed by atoms with E-state index in [1.165, 1.54) is 0 Å². The van der Waals surface area contributed by atoms with Crippen molar-refractivity contribution in [2.45, 2.75) is 66.5 Å². The standard InChI is InChI=1S/C16H29N3O2/c1-15(2,3)8-10-19-12-17-11-13(19)7-9-18-14(20)21-16(4,5)6/h11-12H,7-10H2,1-6H3,(H,18,20). The molecule has 1 N–H and O–H groups in total. The van der Waals surface area contributed by atoms with Gasteiger partial charge in [-0.3, -0.25) is 0 Å². The molecule has 0 atom stereocenters. The van der Waals surface area contributed by atoms with Crippen LogP contribution in [-0.4, -0.2) is 27.8 Å². The fourth-order valence-electron chi connectivity index (χ4n) is 1.82. The first-order valence-electron chi connectivity index (χ1n) is 7.53. The summed E-state index contributed by atoms with van der Waals surface area (Å²) in [5.41, 5.74) is 0.977. The van der Waals surface area contributed by atoms with E-state index in [0.29, 0.717) is 12.0 Å². The highest BCUT2D eigenvalue weighted by atomic mass is 16.6. The van der Waals surface area contributed by atoms with Crippen LogP contribution in [0.5, 0.6) is 0 Å². The third-order valence-corrected chi connectivity index (χ3v) is 2.95. The molecule has 0 unspecified atom stereocenters. The van der Waals surface area contributed by atoms with Crippen LogP contribution in [0.3, 0.4) is 0 Å². The third-order valence-electron chi connectivity index (χ3n) is 2.95. The van der Waals surface area contributed by atoms with Crippen molar-refractivity contribution in [2.24, 2.45) is 5.41 Å². The van der Waals surface area contributed by atoms with Crippen molar-refractivity contribution in [1.29, 1.82) is 0 Å². The summed E-state index contributed by atoms with van der Waals surface area (Å²) in [5.74, 6) is 0. The van der Waals surface area contributed by atoms with Gasteiger partial charge in [-0.15, -0.1) is 0 Å². The van der Waals surface area contributed by atoms with E-state index in [0.717, 1.165) is 25.1 Å².